The largest absolute Gasteiger partial charge is 0.409 e. The molecule has 1 fully saturated rings. The van der Waals surface area contributed by atoms with Crippen molar-refractivity contribution in [2.75, 3.05) is 13.1 Å². The summed E-state index contributed by atoms with van der Waals surface area (Å²) in [6.07, 6.45) is -10.9. The van der Waals surface area contributed by atoms with Crippen molar-refractivity contribution in [1.82, 2.24) is 4.90 Å². The molecule has 1 aliphatic rings. The molecule has 0 radical (unpaired) electrons. The molecular formula is C10H12BrF6NO. The number of alkyl halides is 7. The molecule has 9 heteroatoms. The van der Waals surface area contributed by atoms with Crippen LogP contribution in [-0.2, 0) is 4.79 Å². The summed E-state index contributed by atoms with van der Waals surface area (Å²) in [4.78, 5) is 12.2. The summed E-state index contributed by atoms with van der Waals surface area (Å²) in [7, 11) is 0. The van der Waals surface area contributed by atoms with E-state index >= 15 is 0 Å². The van der Waals surface area contributed by atoms with Gasteiger partial charge in [0.1, 0.15) is 0 Å². The average molecular weight is 356 g/mol. The molecule has 0 aromatic heterocycles. The zero-order chi connectivity index (χ0) is 15.0. The van der Waals surface area contributed by atoms with Crippen molar-refractivity contribution < 1.29 is 31.1 Å². The van der Waals surface area contributed by atoms with Gasteiger partial charge >= 0.3 is 12.4 Å². The molecule has 0 aliphatic carbocycles. The molecule has 0 N–H and O–H groups in total. The van der Waals surface area contributed by atoms with E-state index in [0.29, 0.717) is 11.3 Å². The molecule has 1 aliphatic heterocycles. The van der Waals surface area contributed by atoms with E-state index in [1.54, 1.807) is 6.92 Å². The minimum Gasteiger partial charge on any atom is -0.342 e. The number of rotatable bonds is 1. The van der Waals surface area contributed by atoms with Crippen LogP contribution >= 0.6 is 15.9 Å². The Morgan fingerprint density at radius 3 is 2.05 bits per heavy atom. The van der Waals surface area contributed by atoms with E-state index in [-0.39, 0.29) is 23.8 Å². The zero-order valence-electron chi connectivity index (χ0n) is 9.85. The van der Waals surface area contributed by atoms with Crippen LogP contribution in [0.1, 0.15) is 13.3 Å². The van der Waals surface area contributed by atoms with E-state index in [1.807, 2.05) is 0 Å². The highest BCUT2D eigenvalue weighted by Crippen LogP contribution is 2.41. The van der Waals surface area contributed by atoms with E-state index in [0.717, 1.165) is 0 Å². The summed E-state index contributed by atoms with van der Waals surface area (Å²) in [6.45, 7) is 1.44. The van der Waals surface area contributed by atoms with Gasteiger partial charge in [-0.25, -0.2) is 0 Å². The molecular weight excluding hydrogens is 344 g/mol. The molecule has 19 heavy (non-hydrogen) atoms. The highest BCUT2D eigenvalue weighted by Gasteiger charge is 2.62. The Bertz CT molecular complexity index is 328. The Morgan fingerprint density at radius 1 is 1.21 bits per heavy atom. The number of likely N-dealkylation sites (tertiary alicyclic amines) is 1. The fourth-order valence-corrected chi connectivity index (χ4v) is 2.34. The van der Waals surface area contributed by atoms with Gasteiger partial charge in [-0.05, 0) is 12.3 Å². The fraction of sp³-hybridized carbons (Fsp3) is 0.900. The molecule has 1 heterocycles. The van der Waals surface area contributed by atoms with Crippen LogP contribution in [0.15, 0.2) is 0 Å². The first-order valence-electron chi connectivity index (χ1n) is 5.51. The van der Waals surface area contributed by atoms with Crippen molar-refractivity contribution in [1.29, 1.82) is 0 Å². The topological polar surface area (TPSA) is 20.3 Å². The van der Waals surface area contributed by atoms with Gasteiger partial charge in [-0.15, -0.1) is 0 Å². The van der Waals surface area contributed by atoms with Crippen LogP contribution in [-0.4, -0.2) is 41.1 Å². The highest BCUT2D eigenvalue weighted by molar-refractivity contribution is 9.09. The number of nitrogens with zero attached hydrogens (tertiary/aromatic N) is 1. The third-order valence-electron chi connectivity index (χ3n) is 3.01. The van der Waals surface area contributed by atoms with Gasteiger partial charge in [0.2, 0.25) is 11.8 Å². The van der Waals surface area contributed by atoms with Gasteiger partial charge < -0.3 is 4.90 Å². The van der Waals surface area contributed by atoms with Crippen molar-refractivity contribution in [2.45, 2.75) is 30.5 Å². The lowest BCUT2D eigenvalue weighted by atomic mass is 9.97. The van der Waals surface area contributed by atoms with Crippen molar-refractivity contribution in [3.05, 3.63) is 0 Å². The molecule has 1 amide bonds. The Balaban J connectivity index is 2.90. The van der Waals surface area contributed by atoms with Crippen LogP contribution in [0.4, 0.5) is 26.3 Å². The van der Waals surface area contributed by atoms with Gasteiger partial charge in [-0.2, -0.15) is 26.3 Å². The van der Waals surface area contributed by atoms with E-state index in [1.165, 1.54) is 0 Å². The first-order chi connectivity index (χ1) is 8.44. The summed E-state index contributed by atoms with van der Waals surface area (Å²) >= 11 is 3.26. The number of hydrogen-bond acceptors (Lipinski definition) is 1. The first kappa shape index (κ1) is 16.6. The van der Waals surface area contributed by atoms with Crippen molar-refractivity contribution in [2.24, 2.45) is 11.8 Å². The number of carbonyl (C=O) groups is 1. The molecule has 0 bridgehead atoms. The van der Waals surface area contributed by atoms with Crippen molar-refractivity contribution in [3.8, 4) is 0 Å². The van der Waals surface area contributed by atoms with Crippen LogP contribution in [0.5, 0.6) is 0 Å². The second-order valence-electron chi connectivity index (χ2n) is 4.58. The molecule has 2 unspecified atom stereocenters. The number of amides is 1. The lowest BCUT2D eigenvalue weighted by Crippen LogP contribution is -2.53. The van der Waals surface area contributed by atoms with Crippen molar-refractivity contribution in [3.63, 3.8) is 0 Å². The molecule has 0 aromatic carbocycles. The van der Waals surface area contributed by atoms with Crippen molar-refractivity contribution >= 4 is 21.8 Å². The van der Waals surface area contributed by atoms with Crippen LogP contribution in [0.2, 0.25) is 0 Å². The average Bonchev–Trinajstić information content (AvgIpc) is 2.17. The Labute approximate surface area is 114 Å². The molecule has 0 saturated carbocycles. The summed E-state index contributed by atoms with van der Waals surface area (Å²) < 4.78 is 74.5. The second-order valence-corrected chi connectivity index (χ2v) is 5.76. The minimum atomic E-state index is -5.62. The third-order valence-corrected chi connectivity index (χ3v) is 4.37. The Morgan fingerprint density at radius 2 is 1.68 bits per heavy atom. The number of piperidine rings is 1. The Hall–Kier alpha value is -0.470. The summed E-state index contributed by atoms with van der Waals surface area (Å²) in [6, 6.07) is 0. The highest BCUT2D eigenvalue weighted by atomic mass is 79.9. The molecule has 1 rings (SSSR count). The van der Waals surface area contributed by atoms with E-state index in [4.69, 9.17) is 0 Å². The molecule has 2 nitrogen and oxygen atoms in total. The maximum absolute atomic E-state index is 12.4. The Kier molecular flexibility index (Phi) is 4.79. The van der Waals surface area contributed by atoms with Gasteiger partial charge in [-0.1, -0.05) is 22.9 Å². The van der Waals surface area contributed by atoms with Crippen LogP contribution < -0.4 is 0 Å². The standard InChI is InChI=1S/C10H12BrF6NO/c1-5-4-18(3-2-6(5)11)8(19)7(9(12,13)14)10(15,16)17/h5-7H,2-4H2,1H3. The van der Waals surface area contributed by atoms with Gasteiger partial charge in [-0.3, -0.25) is 4.79 Å². The first-order valence-corrected chi connectivity index (χ1v) is 6.42. The van der Waals surface area contributed by atoms with Crippen LogP contribution in [0.3, 0.4) is 0 Å². The van der Waals surface area contributed by atoms with E-state index < -0.39 is 24.2 Å². The normalized spacial score (nSPS) is 25.8. The lowest BCUT2D eigenvalue weighted by Gasteiger charge is -2.37. The predicted molar refractivity (Wildman–Crippen MR) is 58.7 cm³/mol. The zero-order valence-corrected chi connectivity index (χ0v) is 11.4. The van der Waals surface area contributed by atoms with Gasteiger partial charge in [0, 0.05) is 17.9 Å². The monoisotopic (exact) mass is 355 g/mol. The summed E-state index contributed by atoms with van der Waals surface area (Å²) in [5, 5.41) is 0. The molecule has 1 saturated heterocycles. The van der Waals surface area contributed by atoms with Crippen LogP contribution in [0, 0.1) is 11.8 Å². The summed E-state index contributed by atoms with van der Waals surface area (Å²) in [5.41, 5.74) is 0. The third kappa shape index (κ3) is 4.00. The number of carbonyl (C=O) groups excluding carboxylic acids is 1. The van der Waals surface area contributed by atoms with E-state index in [2.05, 4.69) is 15.9 Å². The quantitative estimate of drug-likeness (QED) is 0.521. The van der Waals surface area contributed by atoms with Crippen LogP contribution in [0.25, 0.3) is 0 Å². The maximum atomic E-state index is 12.4. The minimum absolute atomic E-state index is 0.00762. The van der Waals surface area contributed by atoms with Gasteiger partial charge in [0.15, 0.2) is 0 Å². The van der Waals surface area contributed by atoms with E-state index in [9.17, 15) is 31.1 Å². The summed E-state index contributed by atoms with van der Waals surface area (Å²) in [5.74, 6) is -6.04. The number of halogens is 7. The fourth-order valence-electron chi connectivity index (χ4n) is 1.97. The lowest BCUT2D eigenvalue weighted by molar-refractivity contribution is -0.278. The van der Waals surface area contributed by atoms with Gasteiger partial charge in [0.05, 0.1) is 0 Å². The maximum Gasteiger partial charge on any atom is 0.409 e. The SMILES string of the molecule is CC1CN(C(=O)C(C(F)(F)F)C(F)(F)F)CCC1Br. The second kappa shape index (κ2) is 5.49. The molecule has 2 atom stereocenters. The molecule has 0 aromatic rings. The smallest absolute Gasteiger partial charge is 0.342 e. The predicted octanol–water partition coefficient (Wildman–Crippen LogP) is 3.36. The molecule has 0 spiro atoms. The molecule has 112 valence electrons. The number of hydrogen-bond donors (Lipinski definition) is 0. The van der Waals surface area contributed by atoms with Gasteiger partial charge in [0.25, 0.3) is 0 Å².